The smallest absolute Gasteiger partial charge is 0.233 e. The highest BCUT2D eigenvalue weighted by atomic mass is 16.5. The lowest BCUT2D eigenvalue weighted by molar-refractivity contribution is -0.142. The van der Waals surface area contributed by atoms with Crippen LogP contribution < -0.4 is 10.1 Å². The number of piperidine rings is 1. The van der Waals surface area contributed by atoms with Crippen LogP contribution in [0.25, 0.3) is 0 Å². The lowest BCUT2D eigenvalue weighted by Gasteiger charge is -2.45. The van der Waals surface area contributed by atoms with Gasteiger partial charge in [0.15, 0.2) is 0 Å². The molecular weight excluding hydrogens is 336 g/mol. The molecule has 1 aliphatic carbocycles. The molecule has 1 amide bonds. The zero-order valence-electron chi connectivity index (χ0n) is 17.3. The molecule has 2 fully saturated rings. The number of rotatable bonds is 8. The fourth-order valence-electron chi connectivity index (χ4n) is 4.37. The zero-order valence-corrected chi connectivity index (χ0v) is 17.3. The molecule has 150 valence electrons. The van der Waals surface area contributed by atoms with Crippen LogP contribution in [-0.2, 0) is 10.2 Å². The minimum Gasteiger partial charge on any atom is -0.493 e. The van der Waals surface area contributed by atoms with Gasteiger partial charge in [0.1, 0.15) is 5.75 Å². The second kappa shape index (κ2) is 9.09. The van der Waals surface area contributed by atoms with Crippen molar-refractivity contribution < 1.29 is 9.53 Å². The molecule has 1 aliphatic heterocycles. The highest BCUT2D eigenvalue weighted by Gasteiger charge is 2.48. The van der Waals surface area contributed by atoms with Crippen molar-refractivity contribution in [1.82, 2.24) is 10.2 Å². The van der Waals surface area contributed by atoms with Crippen molar-refractivity contribution in [2.75, 3.05) is 33.3 Å². The molecular formula is C23H36N2O2. The molecule has 1 N–H and O–H groups in total. The monoisotopic (exact) mass is 372 g/mol. The standard InChI is InChI=1S/C23H36N2O2/c1-18(2)17-27-21-7-5-20(6-8-21)23(12-4-13-23)22(26)25-15-10-19(11-16-25)9-14-24-3/h5-8,18-19,24H,4,9-17H2,1-3H3. The average Bonchev–Trinajstić information content (AvgIpc) is 2.65. The summed E-state index contributed by atoms with van der Waals surface area (Å²) in [6, 6.07) is 8.31. The van der Waals surface area contributed by atoms with E-state index in [9.17, 15) is 4.79 Å². The molecule has 4 nitrogen and oxygen atoms in total. The first-order valence-electron chi connectivity index (χ1n) is 10.7. The van der Waals surface area contributed by atoms with Crippen molar-refractivity contribution in [2.45, 2.75) is 57.8 Å². The second-order valence-corrected chi connectivity index (χ2v) is 8.79. The highest BCUT2D eigenvalue weighted by molar-refractivity contribution is 5.89. The topological polar surface area (TPSA) is 41.6 Å². The third-order valence-corrected chi connectivity index (χ3v) is 6.31. The van der Waals surface area contributed by atoms with Crippen LogP contribution in [0.5, 0.6) is 5.75 Å². The van der Waals surface area contributed by atoms with Gasteiger partial charge in [-0.1, -0.05) is 32.4 Å². The first-order valence-corrected chi connectivity index (χ1v) is 10.7. The average molecular weight is 373 g/mol. The Morgan fingerprint density at radius 3 is 2.41 bits per heavy atom. The molecule has 0 atom stereocenters. The summed E-state index contributed by atoms with van der Waals surface area (Å²) in [5.41, 5.74) is 0.891. The highest BCUT2D eigenvalue weighted by Crippen LogP contribution is 2.46. The molecule has 1 heterocycles. The van der Waals surface area contributed by atoms with Gasteiger partial charge in [0, 0.05) is 13.1 Å². The SMILES string of the molecule is CNCCC1CCN(C(=O)C2(c3ccc(OCC(C)C)cc3)CCC2)CC1. The normalized spacial score (nSPS) is 19.8. The van der Waals surface area contributed by atoms with Crippen molar-refractivity contribution in [1.29, 1.82) is 0 Å². The maximum atomic E-state index is 13.4. The second-order valence-electron chi connectivity index (χ2n) is 8.79. The van der Waals surface area contributed by atoms with Crippen LogP contribution in [0.3, 0.4) is 0 Å². The summed E-state index contributed by atoms with van der Waals surface area (Å²) in [5.74, 6) is 2.54. The fourth-order valence-corrected chi connectivity index (χ4v) is 4.37. The maximum absolute atomic E-state index is 13.4. The van der Waals surface area contributed by atoms with E-state index < -0.39 is 0 Å². The van der Waals surface area contributed by atoms with E-state index in [1.54, 1.807) is 0 Å². The van der Waals surface area contributed by atoms with Crippen LogP contribution in [-0.4, -0.2) is 44.1 Å². The number of ether oxygens (including phenoxy) is 1. The Morgan fingerprint density at radius 1 is 1.22 bits per heavy atom. The fraction of sp³-hybridized carbons (Fsp3) is 0.696. The van der Waals surface area contributed by atoms with Gasteiger partial charge in [-0.05, 0) is 75.2 Å². The Kier molecular flexibility index (Phi) is 6.80. The van der Waals surface area contributed by atoms with Gasteiger partial charge in [-0.2, -0.15) is 0 Å². The van der Waals surface area contributed by atoms with E-state index in [2.05, 4.69) is 36.2 Å². The van der Waals surface area contributed by atoms with Gasteiger partial charge in [0.2, 0.25) is 5.91 Å². The van der Waals surface area contributed by atoms with Crippen LogP contribution in [0, 0.1) is 11.8 Å². The van der Waals surface area contributed by atoms with Crippen molar-refractivity contribution in [3.8, 4) is 5.75 Å². The first kappa shape index (κ1) is 20.2. The van der Waals surface area contributed by atoms with Crippen LogP contribution >= 0.6 is 0 Å². The third-order valence-electron chi connectivity index (χ3n) is 6.31. The van der Waals surface area contributed by atoms with Crippen LogP contribution in [0.2, 0.25) is 0 Å². The molecule has 3 rings (SSSR count). The quantitative estimate of drug-likeness (QED) is 0.750. The Hall–Kier alpha value is -1.55. The molecule has 1 aromatic carbocycles. The molecule has 1 saturated heterocycles. The molecule has 4 heteroatoms. The number of nitrogens with zero attached hydrogens (tertiary/aromatic N) is 1. The van der Waals surface area contributed by atoms with Crippen molar-refractivity contribution in [2.24, 2.45) is 11.8 Å². The lowest BCUT2D eigenvalue weighted by Crippen LogP contribution is -2.53. The zero-order chi connectivity index (χ0) is 19.3. The Bertz CT molecular complexity index is 599. The largest absolute Gasteiger partial charge is 0.493 e. The number of carbonyl (C=O) groups excluding carboxylic acids is 1. The third kappa shape index (κ3) is 4.66. The minimum absolute atomic E-state index is 0.283. The van der Waals surface area contributed by atoms with E-state index in [0.717, 1.165) is 70.0 Å². The van der Waals surface area contributed by atoms with Gasteiger partial charge < -0.3 is 15.0 Å². The number of benzene rings is 1. The van der Waals surface area contributed by atoms with E-state index in [4.69, 9.17) is 4.74 Å². The van der Waals surface area contributed by atoms with E-state index in [1.165, 1.54) is 12.0 Å². The Labute approximate surface area is 164 Å². The minimum atomic E-state index is -0.283. The number of carbonyl (C=O) groups is 1. The van der Waals surface area contributed by atoms with Crippen molar-refractivity contribution in [3.63, 3.8) is 0 Å². The number of amides is 1. The number of likely N-dealkylation sites (tertiary alicyclic amines) is 1. The Balaban J connectivity index is 1.62. The number of hydrogen-bond donors (Lipinski definition) is 1. The summed E-state index contributed by atoms with van der Waals surface area (Å²) < 4.78 is 5.81. The number of hydrogen-bond acceptors (Lipinski definition) is 3. The van der Waals surface area contributed by atoms with Gasteiger partial charge in [0.05, 0.1) is 12.0 Å². The van der Waals surface area contributed by atoms with Crippen molar-refractivity contribution >= 4 is 5.91 Å². The van der Waals surface area contributed by atoms with Gasteiger partial charge in [-0.3, -0.25) is 4.79 Å². The van der Waals surface area contributed by atoms with E-state index in [-0.39, 0.29) is 5.41 Å². The van der Waals surface area contributed by atoms with E-state index >= 15 is 0 Å². The predicted molar refractivity (Wildman–Crippen MR) is 110 cm³/mol. The summed E-state index contributed by atoms with van der Waals surface area (Å²) in [5, 5.41) is 3.24. The van der Waals surface area contributed by atoms with Crippen LogP contribution in [0.4, 0.5) is 0 Å². The van der Waals surface area contributed by atoms with Gasteiger partial charge in [-0.25, -0.2) is 0 Å². The van der Waals surface area contributed by atoms with Gasteiger partial charge >= 0.3 is 0 Å². The van der Waals surface area contributed by atoms with E-state index in [0.29, 0.717) is 11.8 Å². The summed E-state index contributed by atoms with van der Waals surface area (Å²) in [6.45, 7) is 7.95. The summed E-state index contributed by atoms with van der Waals surface area (Å²) in [7, 11) is 2.01. The number of nitrogens with one attached hydrogen (secondary N) is 1. The molecule has 1 aromatic rings. The molecule has 0 bridgehead atoms. The molecule has 0 unspecified atom stereocenters. The van der Waals surface area contributed by atoms with Crippen molar-refractivity contribution in [3.05, 3.63) is 29.8 Å². The molecule has 0 radical (unpaired) electrons. The molecule has 2 aliphatic rings. The predicted octanol–water partition coefficient (Wildman–Crippen LogP) is 3.99. The van der Waals surface area contributed by atoms with Gasteiger partial charge in [0.25, 0.3) is 0 Å². The summed E-state index contributed by atoms with van der Waals surface area (Å²) >= 11 is 0. The molecule has 0 spiro atoms. The van der Waals surface area contributed by atoms with Gasteiger partial charge in [-0.15, -0.1) is 0 Å². The molecule has 27 heavy (non-hydrogen) atoms. The Morgan fingerprint density at radius 2 is 1.89 bits per heavy atom. The van der Waals surface area contributed by atoms with E-state index in [1.807, 2.05) is 19.2 Å². The van der Waals surface area contributed by atoms with Crippen LogP contribution in [0.15, 0.2) is 24.3 Å². The molecule has 0 aromatic heterocycles. The van der Waals surface area contributed by atoms with Crippen LogP contribution in [0.1, 0.15) is 57.9 Å². The lowest BCUT2D eigenvalue weighted by atomic mass is 9.63. The summed E-state index contributed by atoms with van der Waals surface area (Å²) in [6.07, 6.45) is 6.63. The first-order chi connectivity index (χ1) is 13.0. The maximum Gasteiger partial charge on any atom is 0.233 e. The summed E-state index contributed by atoms with van der Waals surface area (Å²) in [4.78, 5) is 15.5. The molecule has 1 saturated carbocycles.